The van der Waals surface area contributed by atoms with E-state index in [1.54, 1.807) is 0 Å². The standard InChI is InChI=1S/C14H19BrClN/c1-3-5-13(17-8-4-2)9-11-6-7-12(15)10-14(11)16/h3,6-7,10,13,17H,1,4-5,8-9H2,2H3. The molecule has 1 aromatic carbocycles. The van der Waals surface area contributed by atoms with Crippen LogP contribution in [0, 0.1) is 0 Å². The number of hydrogen-bond acceptors (Lipinski definition) is 1. The maximum atomic E-state index is 6.22. The molecule has 0 aliphatic carbocycles. The van der Waals surface area contributed by atoms with Crippen LogP contribution in [0.3, 0.4) is 0 Å². The van der Waals surface area contributed by atoms with Gasteiger partial charge in [0.1, 0.15) is 0 Å². The first-order chi connectivity index (χ1) is 8.17. The van der Waals surface area contributed by atoms with Crippen molar-refractivity contribution in [3.63, 3.8) is 0 Å². The number of halogens is 2. The highest BCUT2D eigenvalue weighted by molar-refractivity contribution is 9.10. The molecule has 0 aromatic heterocycles. The Kier molecular flexibility index (Phi) is 6.86. The fraction of sp³-hybridized carbons (Fsp3) is 0.429. The van der Waals surface area contributed by atoms with Crippen molar-refractivity contribution in [2.75, 3.05) is 6.54 Å². The summed E-state index contributed by atoms with van der Waals surface area (Å²) < 4.78 is 1.02. The highest BCUT2D eigenvalue weighted by Crippen LogP contribution is 2.23. The Morgan fingerprint density at radius 3 is 2.88 bits per heavy atom. The summed E-state index contributed by atoms with van der Waals surface area (Å²) in [6, 6.07) is 6.48. The minimum Gasteiger partial charge on any atom is -0.313 e. The molecular formula is C14H19BrClN. The monoisotopic (exact) mass is 315 g/mol. The van der Waals surface area contributed by atoms with E-state index in [4.69, 9.17) is 11.6 Å². The predicted octanol–water partition coefficient (Wildman–Crippen LogP) is 4.59. The van der Waals surface area contributed by atoms with Gasteiger partial charge < -0.3 is 5.32 Å². The zero-order valence-corrected chi connectivity index (χ0v) is 12.5. The molecule has 0 aliphatic rings. The van der Waals surface area contributed by atoms with Gasteiger partial charge in [0.2, 0.25) is 0 Å². The quantitative estimate of drug-likeness (QED) is 0.726. The van der Waals surface area contributed by atoms with Gasteiger partial charge in [-0.3, -0.25) is 0 Å². The molecular weight excluding hydrogens is 298 g/mol. The maximum Gasteiger partial charge on any atom is 0.0449 e. The lowest BCUT2D eigenvalue weighted by Crippen LogP contribution is -2.31. The molecule has 1 atom stereocenters. The molecule has 1 nitrogen and oxygen atoms in total. The second-order valence-corrected chi connectivity index (χ2v) is 5.44. The molecule has 0 saturated heterocycles. The SMILES string of the molecule is C=CCC(Cc1ccc(Br)cc1Cl)NCCC. The Morgan fingerprint density at radius 1 is 1.53 bits per heavy atom. The molecule has 0 fully saturated rings. The number of benzene rings is 1. The summed E-state index contributed by atoms with van der Waals surface area (Å²) >= 11 is 9.64. The second kappa shape index (κ2) is 7.91. The van der Waals surface area contributed by atoms with E-state index in [9.17, 15) is 0 Å². The highest BCUT2D eigenvalue weighted by atomic mass is 79.9. The van der Waals surface area contributed by atoms with Gasteiger partial charge in [-0.2, -0.15) is 0 Å². The van der Waals surface area contributed by atoms with Crippen LogP contribution in [-0.2, 0) is 6.42 Å². The van der Waals surface area contributed by atoms with Gasteiger partial charge in [-0.05, 0) is 43.5 Å². The fourth-order valence-electron chi connectivity index (χ4n) is 1.74. The van der Waals surface area contributed by atoms with Gasteiger partial charge in [0.25, 0.3) is 0 Å². The van der Waals surface area contributed by atoms with Crippen LogP contribution in [0.5, 0.6) is 0 Å². The molecule has 0 amide bonds. The van der Waals surface area contributed by atoms with Crippen molar-refractivity contribution in [2.45, 2.75) is 32.2 Å². The third-order valence-electron chi connectivity index (χ3n) is 2.62. The van der Waals surface area contributed by atoms with E-state index in [2.05, 4.69) is 40.8 Å². The Bertz CT molecular complexity index is 365. The van der Waals surface area contributed by atoms with Crippen molar-refractivity contribution in [1.82, 2.24) is 5.32 Å². The summed E-state index contributed by atoms with van der Waals surface area (Å²) in [5.74, 6) is 0. The zero-order chi connectivity index (χ0) is 12.7. The Hall–Kier alpha value is -0.310. The molecule has 1 unspecified atom stereocenters. The molecule has 1 N–H and O–H groups in total. The van der Waals surface area contributed by atoms with E-state index in [0.717, 1.165) is 35.3 Å². The third kappa shape index (κ3) is 5.24. The van der Waals surface area contributed by atoms with Crippen LogP contribution in [-0.4, -0.2) is 12.6 Å². The van der Waals surface area contributed by atoms with Gasteiger partial charge in [-0.25, -0.2) is 0 Å². The average molecular weight is 317 g/mol. The molecule has 0 radical (unpaired) electrons. The lowest BCUT2D eigenvalue weighted by Gasteiger charge is -2.17. The highest BCUT2D eigenvalue weighted by Gasteiger charge is 2.09. The first-order valence-corrected chi connectivity index (χ1v) is 7.12. The Balaban J connectivity index is 2.67. The molecule has 0 bridgehead atoms. The smallest absolute Gasteiger partial charge is 0.0449 e. The molecule has 1 rings (SSSR count). The second-order valence-electron chi connectivity index (χ2n) is 4.12. The van der Waals surface area contributed by atoms with Crippen LogP contribution < -0.4 is 5.32 Å². The first-order valence-electron chi connectivity index (χ1n) is 5.95. The van der Waals surface area contributed by atoms with Crippen LogP contribution >= 0.6 is 27.5 Å². The van der Waals surface area contributed by atoms with Crippen molar-refractivity contribution in [3.05, 3.63) is 45.9 Å². The maximum absolute atomic E-state index is 6.22. The number of nitrogens with one attached hydrogen (secondary N) is 1. The zero-order valence-electron chi connectivity index (χ0n) is 10.2. The van der Waals surface area contributed by atoms with E-state index >= 15 is 0 Å². The van der Waals surface area contributed by atoms with Crippen molar-refractivity contribution in [2.24, 2.45) is 0 Å². The van der Waals surface area contributed by atoms with E-state index in [1.165, 1.54) is 5.56 Å². The van der Waals surface area contributed by atoms with Crippen molar-refractivity contribution < 1.29 is 0 Å². The van der Waals surface area contributed by atoms with Gasteiger partial charge in [0, 0.05) is 15.5 Å². The van der Waals surface area contributed by atoms with E-state index in [-0.39, 0.29) is 0 Å². The minimum atomic E-state index is 0.422. The topological polar surface area (TPSA) is 12.0 Å². The van der Waals surface area contributed by atoms with Gasteiger partial charge in [-0.15, -0.1) is 6.58 Å². The van der Waals surface area contributed by atoms with E-state index in [1.807, 2.05) is 18.2 Å². The van der Waals surface area contributed by atoms with Crippen molar-refractivity contribution in [1.29, 1.82) is 0 Å². The van der Waals surface area contributed by atoms with Crippen molar-refractivity contribution in [3.8, 4) is 0 Å². The Morgan fingerprint density at radius 2 is 2.29 bits per heavy atom. The molecule has 0 saturated carbocycles. The molecule has 1 aromatic rings. The number of rotatable bonds is 7. The summed E-state index contributed by atoms with van der Waals surface area (Å²) in [6.07, 6.45) is 5.01. The first kappa shape index (κ1) is 14.7. The molecule has 17 heavy (non-hydrogen) atoms. The van der Waals surface area contributed by atoms with Crippen LogP contribution in [0.1, 0.15) is 25.3 Å². The molecule has 3 heteroatoms. The fourth-order valence-corrected chi connectivity index (χ4v) is 2.49. The molecule has 94 valence electrons. The normalized spacial score (nSPS) is 12.4. The van der Waals surface area contributed by atoms with E-state index < -0.39 is 0 Å². The summed E-state index contributed by atoms with van der Waals surface area (Å²) in [6.45, 7) is 7.01. The van der Waals surface area contributed by atoms with Crippen LogP contribution in [0.15, 0.2) is 35.3 Å². The summed E-state index contributed by atoms with van der Waals surface area (Å²) in [4.78, 5) is 0. The lowest BCUT2D eigenvalue weighted by molar-refractivity contribution is 0.512. The molecule has 0 aliphatic heterocycles. The molecule has 0 spiro atoms. The van der Waals surface area contributed by atoms with Gasteiger partial charge >= 0.3 is 0 Å². The van der Waals surface area contributed by atoms with E-state index in [0.29, 0.717) is 6.04 Å². The third-order valence-corrected chi connectivity index (χ3v) is 3.46. The number of hydrogen-bond donors (Lipinski definition) is 1. The van der Waals surface area contributed by atoms with Gasteiger partial charge in [0.15, 0.2) is 0 Å². The summed E-state index contributed by atoms with van der Waals surface area (Å²) in [5, 5.41) is 4.34. The average Bonchev–Trinajstić information content (AvgIpc) is 2.29. The van der Waals surface area contributed by atoms with Crippen LogP contribution in [0.25, 0.3) is 0 Å². The van der Waals surface area contributed by atoms with Crippen molar-refractivity contribution >= 4 is 27.5 Å². The van der Waals surface area contributed by atoms with Crippen LogP contribution in [0.4, 0.5) is 0 Å². The largest absolute Gasteiger partial charge is 0.313 e. The summed E-state index contributed by atoms with van der Waals surface area (Å²) in [7, 11) is 0. The van der Waals surface area contributed by atoms with Gasteiger partial charge in [-0.1, -0.05) is 46.6 Å². The predicted molar refractivity (Wildman–Crippen MR) is 79.8 cm³/mol. The Labute approximate surface area is 117 Å². The molecule has 0 heterocycles. The lowest BCUT2D eigenvalue weighted by atomic mass is 10.0. The van der Waals surface area contributed by atoms with Gasteiger partial charge in [0.05, 0.1) is 0 Å². The minimum absolute atomic E-state index is 0.422. The summed E-state index contributed by atoms with van der Waals surface area (Å²) in [5.41, 5.74) is 1.19. The van der Waals surface area contributed by atoms with Crippen LogP contribution in [0.2, 0.25) is 5.02 Å².